The lowest BCUT2D eigenvalue weighted by molar-refractivity contribution is 0.0783. The topological polar surface area (TPSA) is 51.0 Å². The van der Waals surface area contributed by atoms with Crippen molar-refractivity contribution in [2.75, 3.05) is 13.6 Å². The molecule has 0 saturated heterocycles. The second-order valence-electron chi connectivity index (χ2n) is 5.79. The van der Waals surface area contributed by atoms with E-state index in [9.17, 15) is 4.79 Å². The van der Waals surface area contributed by atoms with Gasteiger partial charge in [-0.25, -0.2) is 4.68 Å². The third-order valence-electron chi connectivity index (χ3n) is 3.40. The van der Waals surface area contributed by atoms with E-state index in [1.807, 2.05) is 31.2 Å². The smallest absolute Gasteiger partial charge is 0.275 e. The number of aromatic nitrogens is 3. The van der Waals surface area contributed by atoms with Gasteiger partial charge in [0.15, 0.2) is 5.69 Å². The number of aryl methyl sites for hydroxylation is 1. The van der Waals surface area contributed by atoms with Crippen LogP contribution in [0.15, 0.2) is 30.5 Å². The highest BCUT2D eigenvalue weighted by Gasteiger charge is 2.16. The molecule has 0 radical (unpaired) electrons. The van der Waals surface area contributed by atoms with Gasteiger partial charge in [0.05, 0.1) is 11.9 Å². The molecule has 0 unspecified atom stereocenters. The van der Waals surface area contributed by atoms with E-state index in [0.717, 1.165) is 18.7 Å². The first-order valence-electron chi connectivity index (χ1n) is 7.22. The Hall–Kier alpha value is -2.17. The molecular formula is C16H22N4O. The normalized spacial score (nSPS) is 10.9. The van der Waals surface area contributed by atoms with Crippen molar-refractivity contribution in [2.45, 2.75) is 27.2 Å². The largest absolute Gasteiger partial charge is 0.340 e. The van der Waals surface area contributed by atoms with Crippen molar-refractivity contribution >= 4 is 5.91 Å². The van der Waals surface area contributed by atoms with E-state index in [1.54, 1.807) is 22.8 Å². The van der Waals surface area contributed by atoms with Gasteiger partial charge in [-0.3, -0.25) is 4.79 Å². The molecule has 112 valence electrons. The molecule has 1 aromatic heterocycles. The second kappa shape index (κ2) is 6.52. The summed E-state index contributed by atoms with van der Waals surface area (Å²) in [6.07, 6.45) is 2.66. The predicted octanol–water partition coefficient (Wildman–Crippen LogP) is 2.69. The van der Waals surface area contributed by atoms with Gasteiger partial charge < -0.3 is 4.90 Å². The van der Waals surface area contributed by atoms with Crippen LogP contribution in [0.5, 0.6) is 0 Å². The molecule has 0 aliphatic heterocycles. The monoisotopic (exact) mass is 286 g/mol. The highest BCUT2D eigenvalue weighted by Crippen LogP contribution is 2.10. The average molecular weight is 286 g/mol. The first-order valence-corrected chi connectivity index (χ1v) is 7.22. The molecule has 5 heteroatoms. The summed E-state index contributed by atoms with van der Waals surface area (Å²) in [5.74, 6) is 0.484. The molecule has 0 spiro atoms. The fraction of sp³-hybridized carbons (Fsp3) is 0.438. The Labute approximate surface area is 125 Å². The minimum Gasteiger partial charge on any atom is -0.340 e. The van der Waals surface area contributed by atoms with Crippen molar-refractivity contribution in [3.05, 3.63) is 41.7 Å². The number of rotatable bonds is 5. The maximum Gasteiger partial charge on any atom is 0.275 e. The first kappa shape index (κ1) is 15.2. The molecule has 1 aromatic carbocycles. The van der Waals surface area contributed by atoms with E-state index in [0.29, 0.717) is 11.6 Å². The van der Waals surface area contributed by atoms with Crippen LogP contribution >= 0.6 is 0 Å². The molecule has 2 aromatic rings. The summed E-state index contributed by atoms with van der Waals surface area (Å²) in [7, 11) is 1.80. The molecule has 0 fully saturated rings. The lowest BCUT2D eigenvalue weighted by atomic mass is 10.1. The number of hydrogen-bond acceptors (Lipinski definition) is 3. The van der Waals surface area contributed by atoms with Gasteiger partial charge in [0.25, 0.3) is 5.91 Å². The Bertz CT molecular complexity index is 601. The van der Waals surface area contributed by atoms with Crippen LogP contribution in [-0.4, -0.2) is 39.4 Å². The highest BCUT2D eigenvalue weighted by atomic mass is 16.2. The first-order chi connectivity index (χ1) is 9.97. The van der Waals surface area contributed by atoms with Crippen molar-refractivity contribution < 1.29 is 4.79 Å². The van der Waals surface area contributed by atoms with Gasteiger partial charge in [0, 0.05) is 13.6 Å². The number of amides is 1. The summed E-state index contributed by atoms with van der Waals surface area (Å²) in [6, 6.07) is 7.93. The van der Waals surface area contributed by atoms with E-state index in [2.05, 4.69) is 24.2 Å². The molecule has 0 bridgehead atoms. The molecular weight excluding hydrogens is 264 g/mol. The van der Waals surface area contributed by atoms with E-state index in [1.165, 1.54) is 5.56 Å². The molecule has 0 N–H and O–H groups in total. The zero-order valence-electron chi connectivity index (χ0n) is 13.1. The standard InChI is InChI=1S/C16H22N4O/c1-12(2)9-10-19(4)16(21)15-11-20(18-17-15)14-7-5-13(3)6-8-14/h5-8,11-12H,9-10H2,1-4H3. The second-order valence-corrected chi connectivity index (χ2v) is 5.79. The van der Waals surface area contributed by atoms with Crippen LogP contribution in [0.4, 0.5) is 0 Å². The Morgan fingerprint density at radius 1 is 1.29 bits per heavy atom. The van der Waals surface area contributed by atoms with Gasteiger partial charge in [0.1, 0.15) is 0 Å². The van der Waals surface area contributed by atoms with Crippen molar-refractivity contribution in [1.29, 1.82) is 0 Å². The highest BCUT2D eigenvalue weighted by molar-refractivity contribution is 5.91. The number of carbonyl (C=O) groups is 1. The third-order valence-corrected chi connectivity index (χ3v) is 3.40. The van der Waals surface area contributed by atoms with E-state index < -0.39 is 0 Å². The summed E-state index contributed by atoms with van der Waals surface area (Å²) in [5, 5.41) is 8.02. The lowest BCUT2D eigenvalue weighted by Crippen LogP contribution is -2.28. The van der Waals surface area contributed by atoms with E-state index in [4.69, 9.17) is 0 Å². The van der Waals surface area contributed by atoms with Gasteiger partial charge in [-0.1, -0.05) is 36.8 Å². The molecule has 2 rings (SSSR count). The van der Waals surface area contributed by atoms with Crippen LogP contribution < -0.4 is 0 Å². The fourth-order valence-electron chi connectivity index (χ4n) is 1.93. The Morgan fingerprint density at radius 3 is 2.57 bits per heavy atom. The SMILES string of the molecule is Cc1ccc(-n2cc(C(=O)N(C)CCC(C)C)nn2)cc1. The van der Waals surface area contributed by atoms with Crippen LogP contribution in [0.1, 0.15) is 36.3 Å². The van der Waals surface area contributed by atoms with Crippen LogP contribution in [0.2, 0.25) is 0 Å². The lowest BCUT2D eigenvalue weighted by Gasteiger charge is -2.16. The molecule has 1 heterocycles. The van der Waals surface area contributed by atoms with Gasteiger partial charge in [-0.2, -0.15) is 0 Å². The van der Waals surface area contributed by atoms with Crippen molar-refractivity contribution in [3.63, 3.8) is 0 Å². The molecule has 5 nitrogen and oxygen atoms in total. The predicted molar refractivity (Wildman–Crippen MR) is 82.5 cm³/mol. The van der Waals surface area contributed by atoms with Crippen molar-refractivity contribution in [3.8, 4) is 5.69 Å². The van der Waals surface area contributed by atoms with Crippen LogP contribution in [-0.2, 0) is 0 Å². The van der Waals surface area contributed by atoms with E-state index in [-0.39, 0.29) is 5.91 Å². The van der Waals surface area contributed by atoms with Crippen LogP contribution in [0.3, 0.4) is 0 Å². The third kappa shape index (κ3) is 3.90. The molecule has 0 atom stereocenters. The van der Waals surface area contributed by atoms with Crippen LogP contribution in [0, 0.1) is 12.8 Å². The minimum absolute atomic E-state index is 0.0889. The van der Waals surface area contributed by atoms with Gasteiger partial charge >= 0.3 is 0 Å². The maximum atomic E-state index is 12.3. The molecule has 21 heavy (non-hydrogen) atoms. The summed E-state index contributed by atoms with van der Waals surface area (Å²) in [5.41, 5.74) is 2.46. The molecule has 1 amide bonds. The zero-order valence-corrected chi connectivity index (χ0v) is 13.1. The average Bonchev–Trinajstić information content (AvgIpc) is 2.94. The Kier molecular flexibility index (Phi) is 4.73. The van der Waals surface area contributed by atoms with E-state index >= 15 is 0 Å². The number of hydrogen-bond donors (Lipinski definition) is 0. The number of carbonyl (C=O) groups excluding carboxylic acids is 1. The Morgan fingerprint density at radius 2 is 1.95 bits per heavy atom. The van der Waals surface area contributed by atoms with Crippen molar-refractivity contribution in [2.24, 2.45) is 5.92 Å². The quantitative estimate of drug-likeness (QED) is 0.849. The summed E-state index contributed by atoms with van der Waals surface area (Å²) in [4.78, 5) is 14.0. The fourth-order valence-corrected chi connectivity index (χ4v) is 1.93. The number of benzene rings is 1. The van der Waals surface area contributed by atoms with Crippen LogP contribution in [0.25, 0.3) is 5.69 Å². The van der Waals surface area contributed by atoms with Gasteiger partial charge in [-0.05, 0) is 31.4 Å². The van der Waals surface area contributed by atoms with Crippen molar-refractivity contribution in [1.82, 2.24) is 19.9 Å². The molecule has 0 aliphatic rings. The Balaban J connectivity index is 2.08. The number of nitrogens with zero attached hydrogens (tertiary/aromatic N) is 4. The summed E-state index contributed by atoms with van der Waals surface area (Å²) < 4.78 is 1.63. The minimum atomic E-state index is -0.0889. The summed E-state index contributed by atoms with van der Waals surface area (Å²) in [6.45, 7) is 7.05. The zero-order chi connectivity index (χ0) is 15.4. The van der Waals surface area contributed by atoms with Gasteiger partial charge in [0.2, 0.25) is 0 Å². The summed E-state index contributed by atoms with van der Waals surface area (Å²) >= 11 is 0. The van der Waals surface area contributed by atoms with Gasteiger partial charge in [-0.15, -0.1) is 5.10 Å². The molecule has 0 aliphatic carbocycles. The molecule has 0 saturated carbocycles. The maximum absolute atomic E-state index is 12.3.